The summed E-state index contributed by atoms with van der Waals surface area (Å²) in [4.78, 5) is 8.61. The van der Waals surface area contributed by atoms with Gasteiger partial charge in [0.15, 0.2) is 0 Å². The minimum Gasteiger partial charge on any atom is -0.305 e. The molecule has 0 aliphatic heterocycles. The molecule has 2 aromatic rings. The van der Waals surface area contributed by atoms with Gasteiger partial charge in [-0.25, -0.2) is 0 Å². The average molecular weight is 267 g/mol. The SMILES string of the molecule is CCNC(c1ccc(C2CCC2)cc1)c1cnccn1. The summed E-state index contributed by atoms with van der Waals surface area (Å²) < 4.78 is 0. The Morgan fingerprint density at radius 1 is 1.20 bits per heavy atom. The van der Waals surface area contributed by atoms with E-state index in [1.807, 2.05) is 6.20 Å². The third-order valence-corrected chi connectivity index (χ3v) is 4.13. The highest BCUT2D eigenvalue weighted by atomic mass is 14.9. The van der Waals surface area contributed by atoms with Crippen LogP contribution in [0, 0.1) is 0 Å². The van der Waals surface area contributed by atoms with Crippen molar-refractivity contribution in [3.63, 3.8) is 0 Å². The summed E-state index contributed by atoms with van der Waals surface area (Å²) >= 11 is 0. The van der Waals surface area contributed by atoms with E-state index in [1.165, 1.54) is 30.4 Å². The number of rotatable bonds is 5. The molecule has 0 spiro atoms. The summed E-state index contributed by atoms with van der Waals surface area (Å²) in [6.07, 6.45) is 9.38. The van der Waals surface area contributed by atoms with E-state index in [9.17, 15) is 0 Å². The van der Waals surface area contributed by atoms with E-state index >= 15 is 0 Å². The molecule has 1 heterocycles. The molecule has 1 aliphatic rings. The molecule has 1 aromatic carbocycles. The van der Waals surface area contributed by atoms with Crippen LogP contribution in [0.5, 0.6) is 0 Å². The Morgan fingerprint density at radius 3 is 2.55 bits per heavy atom. The summed E-state index contributed by atoms with van der Waals surface area (Å²) in [5.74, 6) is 0.790. The van der Waals surface area contributed by atoms with Crippen LogP contribution in [-0.4, -0.2) is 16.5 Å². The maximum absolute atomic E-state index is 4.43. The standard InChI is InChI=1S/C17H21N3/c1-2-19-17(16-12-18-10-11-20-16)15-8-6-14(7-9-15)13-4-3-5-13/h6-13,17,19H,2-5H2,1H3. The fourth-order valence-electron chi connectivity index (χ4n) is 2.76. The molecular formula is C17H21N3. The van der Waals surface area contributed by atoms with Crippen LogP contribution in [-0.2, 0) is 0 Å². The molecule has 0 saturated heterocycles. The molecule has 0 radical (unpaired) electrons. The number of nitrogens with one attached hydrogen (secondary N) is 1. The van der Waals surface area contributed by atoms with Gasteiger partial charge in [0, 0.05) is 12.4 Å². The maximum atomic E-state index is 4.43. The molecule has 1 N–H and O–H groups in total. The molecule has 0 amide bonds. The molecule has 1 fully saturated rings. The molecule has 3 heteroatoms. The number of nitrogens with zero attached hydrogens (tertiary/aromatic N) is 2. The third-order valence-electron chi connectivity index (χ3n) is 4.13. The van der Waals surface area contributed by atoms with Gasteiger partial charge in [0.1, 0.15) is 0 Å². The summed E-state index contributed by atoms with van der Waals surface area (Å²) in [6.45, 7) is 3.03. The second-order valence-corrected chi connectivity index (χ2v) is 5.42. The normalized spacial score (nSPS) is 16.6. The lowest BCUT2D eigenvalue weighted by atomic mass is 9.80. The van der Waals surface area contributed by atoms with Crippen LogP contribution in [0.2, 0.25) is 0 Å². The van der Waals surface area contributed by atoms with Crippen molar-refractivity contribution < 1.29 is 0 Å². The first kappa shape index (κ1) is 13.3. The topological polar surface area (TPSA) is 37.8 Å². The van der Waals surface area contributed by atoms with Gasteiger partial charge in [0.2, 0.25) is 0 Å². The molecule has 1 aromatic heterocycles. The maximum Gasteiger partial charge on any atom is 0.0801 e. The van der Waals surface area contributed by atoms with Gasteiger partial charge in [-0.1, -0.05) is 37.6 Å². The lowest BCUT2D eigenvalue weighted by Gasteiger charge is -2.26. The second-order valence-electron chi connectivity index (χ2n) is 5.42. The molecule has 1 saturated carbocycles. The number of hydrogen-bond donors (Lipinski definition) is 1. The number of hydrogen-bond acceptors (Lipinski definition) is 3. The average Bonchev–Trinajstić information content (AvgIpc) is 2.45. The van der Waals surface area contributed by atoms with Crippen molar-refractivity contribution in [2.75, 3.05) is 6.54 Å². The van der Waals surface area contributed by atoms with Crippen molar-refractivity contribution in [2.24, 2.45) is 0 Å². The van der Waals surface area contributed by atoms with Crippen LogP contribution in [0.25, 0.3) is 0 Å². The van der Waals surface area contributed by atoms with Crippen LogP contribution in [0.4, 0.5) is 0 Å². The zero-order valence-corrected chi connectivity index (χ0v) is 11.9. The summed E-state index contributed by atoms with van der Waals surface area (Å²) in [5.41, 5.74) is 3.72. The zero-order chi connectivity index (χ0) is 13.8. The third kappa shape index (κ3) is 2.73. The second kappa shape index (κ2) is 6.14. The molecule has 3 nitrogen and oxygen atoms in total. The first-order valence-electron chi connectivity index (χ1n) is 7.47. The van der Waals surface area contributed by atoms with Crippen molar-refractivity contribution in [3.05, 3.63) is 59.7 Å². The van der Waals surface area contributed by atoms with Gasteiger partial charge < -0.3 is 5.32 Å². The number of aromatic nitrogens is 2. The summed E-state index contributed by atoms with van der Waals surface area (Å²) in [7, 11) is 0. The van der Waals surface area contributed by atoms with Crippen LogP contribution in [0.3, 0.4) is 0 Å². The quantitative estimate of drug-likeness (QED) is 0.901. The molecule has 104 valence electrons. The minimum absolute atomic E-state index is 0.129. The fourth-order valence-corrected chi connectivity index (χ4v) is 2.76. The van der Waals surface area contributed by atoms with Gasteiger partial charge >= 0.3 is 0 Å². The van der Waals surface area contributed by atoms with E-state index in [1.54, 1.807) is 12.4 Å². The van der Waals surface area contributed by atoms with E-state index in [0.29, 0.717) is 0 Å². The van der Waals surface area contributed by atoms with E-state index in [0.717, 1.165) is 18.2 Å². The van der Waals surface area contributed by atoms with Crippen molar-refractivity contribution in [1.82, 2.24) is 15.3 Å². The lowest BCUT2D eigenvalue weighted by molar-refractivity contribution is 0.419. The van der Waals surface area contributed by atoms with Crippen LogP contribution < -0.4 is 5.32 Å². The Bertz CT molecular complexity index is 532. The van der Waals surface area contributed by atoms with Gasteiger partial charge in [0.05, 0.1) is 17.9 Å². The van der Waals surface area contributed by atoms with Gasteiger partial charge in [-0.3, -0.25) is 9.97 Å². The summed E-state index contributed by atoms with van der Waals surface area (Å²) in [5, 5.41) is 3.49. The van der Waals surface area contributed by atoms with Gasteiger partial charge in [-0.15, -0.1) is 0 Å². The Hall–Kier alpha value is -1.74. The molecule has 1 unspecified atom stereocenters. The highest BCUT2D eigenvalue weighted by Gasteiger charge is 2.20. The molecule has 3 rings (SSSR count). The first-order chi connectivity index (χ1) is 9.88. The predicted octanol–water partition coefficient (Wildman–Crippen LogP) is 3.44. The predicted molar refractivity (Wildman–Crippen MR) is 80.6 cm³/mol. The monoisotopic (exact) mass is 267 g/mol. The Kier molecular flexibility index (Phi) is 4.07. The Balaban J connectivity index is 1.83. The van der Waals surface area contributed by atoms with Crippen molar-refractivity contribution >= 4 is 0 Å². The van der Waals surface area contributed by atoms with Gasteiger partial charge in [-0.2, -0.15) is 0 Å². The van der Waals surface area contributed by atoms with E-state index in [-0.39, 0.29) is 6.04 Å². The van der Waals surface area contributed by atoms with Gasteiger partial charge in [0.25, 0.3) is 0 Å². The van der Waals surface area contributed by atoms with Gasteiger partial charge in [-0.05, 0) is 36.4 Å². The molecule has 0 bridgehead atoms. The Labute approximate surface area is 120 Å². The molecule has 1 aliphatic carbocycles. The number of benzene rings is 1. The van der Waals surface area contributed by atoms with E-state index in [2.05, 4.69) is 46.5 Å². The Morgan fingerprint density at radius 2 is 2.00 bits per heavy atom. The molecule has 20 heavy (non-hydrogen) atoms. The lowest BCUT2D eigenvalue weighted by Crippen LogP contribution is -2.23. The van der Waals surface area contributed by atoms with Crippen molar-refractivity contribution in [1.29, 1.82) is 0 Å². The van der Waals surface area contributed by atoms with Crippen LogP contribution in [0.1, 0.15) is 55.0 Å². The highest BCUT2D eigenvalue weighted by molar-refractivity contribution is 5.32. The smallest absolute Gasteiger partial charge is 0.0801 e. The minimum atomic E-state index is 0.129. The molecule has 1 atom stereocenters. The zero-order valence-electron chi connectivity index (χ0n) is 11.9. The summed E-state index contributed by atoms with van der Waals surface area (Å²) in [6, 6.07) is 9.15. The van der Waals surface area contributed by atoms with Crippen molar-refractivity contribution in [3.8, 4) is 0 Å². The van der Waals surface area contributed by atoms with E-state index < -0.39 is 0 Å². The highest BCUT2D eigenvalue weighted by Crippen LogP contribution is 2.36. The van der Waals surface area contributed by atoms with Crippen LogP contribution >= 0.6 is 0 Å². The fraction of sp³-hybridized carbons (Fsp3) is 0.412. The van der Waals surface area contributed by atoms with E-state index in [4.69, 9.17) is 0 Å². The molecular weight excluding hydrogens is 246 g/mol. The largest absolute Gasteiger partial charge is 0.305 e. The van der Waals surface area contributed by atoms with Crippen LogP contribution in [0.15, 0.2) is 42.9 Å². The van der Waals surface area contributed by atoms with Crippen molar-refractivity contribution in [2.45, 2.75) is 38.1 Å². The first-order valence-corrected chi connectivity index (χ1v) is 7.47.